The van der Waals surface area contributed by atoms with Crippen molar-refractivity contribution in [2.45, 2.75) is 111 Å². The van der Waals surface area contributed by atoms with Gasteiger partial charge >= 0.3 is 6.09 Å². The van der Waals surface area contributed by atoms with E-state index in [-0.39, 0.29) is 30.5 Å². The molecular weight excluding hydrogens is 794 g/mol. The van der Waals surface area contributed by atoms with E-state index in [4.69, 9.17) is 4.74 Å². The molecule has 1 aromatic carbocycles. The number of nitrogens with one attached hydrogen (secondary N) is 2. The molecular formula is C47H60N5O4PS2. The Morgan fingerprint density at radius 2 is 1.64 bits per heavy atom. The fourth-order valence-electron chi connectivity index (χ4n) is 12.5. The van der Waals surface area contributed by atoms with Crippen LogP contribution in [0.3, 0.4) is 0 Å². The maximum Gasteiger partial charge on any atom is 0.407 e. The summed E-state index contributed by atoms with van der Waals surface area (Å²) < 4.78 is 22.0. The van der Waals surface area contributed by atoms with E-state index < -0.39 is 13.2 Å². The van der Waals surface area contributed by atoms with Crippen LogP contribution in [0.1, 0.15) is 116 Å². The van der Waals surface area contributed by atoms with Gasteiger partial charge in [0, 0.05) is 35.7 Å². The van der Waals surface area contributed by atoms with Gasteiger partial charge in [-0.05, 0) is 138 Å². The van der Waals surface area contributed by atoms with Crippen molar-refractivity contribution in [1.29, 1.82) is 0 Å². The van der Waals surface area contributed by atoms with Crippen molar-refractivity contribution in [3.8, 4) is 15.4 Å². The number of hydrogen-bond donors (Lipinski definition) is 2. The van der Waals surface area contributed by atoms with Gasteiger partial charge < -0.3 is 19.9 Å². The molecule has 4 aliphatic carbocycles. The van der Waals surface area contributed by atoms with E-state index in [1.165, 1.54) is 56.9 Å². The average Bonchev–Trinajstić information content (AvgIpc) is 4.06. The Hall–Kier alpha value is -3.53. The van der Waals surface area contributed by atoms with Crippen molar-refractivity contribution >= 4 is 57.9 Å². The molecule has 2 N–H and O–H groups in total. The molecule has 9 nitrogen and oxygen atoms in total. The molecule has 5 aliphatic rings. The zero-order valence-corrected chi connectivity index (χ0v) is 37.8. The van der Waals surface area contributed by atoms with E-state index in [0.29, 0.717) is 22.1 Å². The molecule has 0 spiro atoms. The predicted molar refractivity (Wildman–Crippen MR) is 239 cm³/mol. The molecule has 1 aliphatic heterocycles. The predicted octanol–water partition coefficient (Wildman–Crippen LogP) is 9.88. The summed E-state index contributed by atoms with van der Waals surface area (Å²) in [5.41, 5.74) is 3.86. The third kappa shape index (κ3) is 7.18. The van der Waals surface area contributed by atoms with Gasteiger partial charge in [-0.3, -0.25) is 4.79 Å². The highest BCUT2D eigenvalue weighted by atomic mass is 32.1. The van der Waals surface area contributed by atoms with Gasteiger partial charge in [-0.1, -0.05) is 70.7 Å². The highest BCUT2D eigenvalue weighted by Gasteiger charge is 2.59. The van der Waals surface area contributed by atoms with E-state index in [1.54, 1.807) is 57.8 Å². The first-order valence-electron chi connectivity index (χ1n) is 22.1. The lowest BCUT2D eigenvalue weighted by Gasteiger charge is -2.58. The van der Waals surface area contributed by atoms with E-state index in [9.17, 15) is 14.2 Å². The van der Waals surface area contributed by atoms with Crippen molar-refractivity contribution in [2.75, 3.05) is 13.1 Å². The number of carbonyl (C=O) groups excluding carboxylic acids is 2. The minimum absolute atomic E-state index is 0.114. The first kappa shape index (κ1) is 40.9. The van der Waals surface area contributed by atoms with E-state index >= 15 is 0 Å². The third-order valence-corrected chi connectivity index (χ3v) is 20.8. The molecule has 8 atom stereocenters. The van der Waals surface area contributed by atoms with E-state index in [0.717, 1.165) is 75.1 Å². The molecule has 3 aromatic heterocycles. The van der Waals surface area contributed by atoms with Crippen molar-refractivity contribution in [3.63, 3.8) is 0 Å². The van der Waals surface area contributed by atoms with Gasteiger partial charge in [0.05, 0.1) is 21.6 Å². The maximum absolute atomic E-state index is 14.4. The highest BCUT2D eigenvalue weighted by molar-refractivity contribution is 7.87. The number of ether oxygens (including phenoxy) is 1. The maximum atomic E-state index is 14.4. The fourth-order valence-corrected chi connectivity index (χ4v) is 18.3. The number of hydrogen-bond acceptors (Lipinski definition) is 8. The Morgan fingerprint density at radius 1 is 0.915 bits per heavy atom. The van der Waals surface area contributed by atoms with Crippen LogP contribution in [-0.2, 0) is 9.30 Å². The number of thiophene rings is 2. The highest BCUT2D eigenvalue weighted by Crippen LogP contribution is 2.67. The summed E-state index contributed by atoms with van der Waals surface area (Å²) >= 11 is 3.21. The number of rotatable bonds is 12. The van der Waals surface area contributed by atoms with Crippen LogP contribution in [0.15, 0.2) is 65.0 Å². The van der Waals surface area contributed by atoms with Crippen LogP contribution in [0, 0.1) is 46.3 Å². The van der Waals surface area contributed by atoms with Crippen molar-refractivity contribution in [1.82, 2.24) is 25.6 Å². The quantitative estimate of drug-likeness (QED) is 0.0734. The van der Waals surface area contributed by atoms with Gasteiger partial charge in [0.1, 0.15) is 6.10 Å². The van der Waals surface area contributed by atoms with Gasteiger partial charge in [-0.25, -0.2) is 9.48 Å². The molecule has 0 unspecified atom stereocenters. The SMILES string of the molecule is CC(C)CCC[C@@H](C)[C@H]1CC[C@H]2[C@@H]3CC=C4C[C@@H](OC(=O)NCCNC(=O)c5ccc(-n6cc(P7(=O)c8ccsc8-c8sccc87)nn6)cc5)CC[C@]4(C)[C@H]3CC[C@]12C. The van der Waals surface area contributed by atoms with Gasteiger partial charge in [-0.2, -0.15) is 0 Å². The van der Waals surface area contributed by atoms with Crippen molar-refractivity contribution in [3.05, 3.63) is 70.6 Å². The number of nitrogens with zero attached hydrogens (tertiary/aromatic N) is 3. The molecule has 0 saturated heterocycles. The summed E-state index contributed by atoms with van der Waals surface area (Å²) in [6.45, 7) is 13.0. The first-order chi connectivity index (χ1) is 28.4. The van der Waals surface area contributed by atoms with Crippen LogP contribution in [-0.4, -0.2) is 46.2 Å². The number of fused-ring (bicyclic) bond motifs is 8. The van der Waals surface area contributed by atoms with Crippen LogP contribution in [0.25, 0.3) is 15.4 Å². The number of alkyl carbamates (subject to hydrolysis) is 1. The van der Waals surface area contributed by atoms with Gasteiger partial charge in [-0.15, -0.1) is 27.8 Å². The topological polar surface area (TPSA) is 115 Å². The molecule has 0 radical (unpaired) electrons. The Labute approximate surface area is 357 Å². The standard InChI is InChI=1S/C47H60N5O4PS2/c1-29(2)7-6-8-30(3)36-15-16-37-35-14-11-32-27-34(17-21-46(32,4)38(35)18-22-47(36,37)5)56-45(54)49-24-23-48-44(53)31-9-12-33(13-10-31)52-28-41(50-51-52)57(55)39-19-25-58-42(39)43-40(57)20-26-59-43/h9-13,19-20,25-26,28-30,34-38H,6-8,14-18,21-24,27H2,1-5H3,(H,48,53)(H,49,54)/t30-,34+,35+,36-,37+,38+,46+,47-/m1/s1. The second-order valence-electron chi connectivity index (χ2n) is 19.2. The Bertz CT molecular complexity index is 2230. The third-order valence-electron chi connectivity index (χ3n) is 15.6. The van der Waals surface area contributed by atoms with Crippen LogP contribution < -0.4 is 26.7 Å². The number of aromatic nitrogens is 3. The minimum atomic E-state index is -3.07. The summed E-state index contributed by atoms with van der Waals surface area (Å²) in [4.78, 5) is 28.0. The molecule has 0 bridgehead atoms. The van der Waals surface area contributed by atoms with Gasteiger partial charge in [0.2, 0.25) is 0 Å². The Kier molecular flexibility index (Phi) is 11.1. The smallest absolute Gasteiger partial charge is 0.407 e. The molecule has 9 rings (SSSR count). The summed E-state index contributed by atoms with van der Waals surface area (Å²) in [7, 11) is -3.07. The summed E-state index contributed by atoms with van der Waals surface area (Å²) in [5, 5.41) is 20.0. The number of benzene rings is 1. The van der Waals surface area contributed by atoms with E-state index in [2.05, 4.69) is 61.6 Å². The molecule has 4 heterocycles. The lowest BCUT2D eigenvalue weighted by atomic mass is 9.47. The molecule has 3 fully saturated rings. The number of allylic oxidation sites excluding steroid dienone is 1. The minimum Gasteiger partial charge on any atom is -0.446 e. The van der Waals surface area contributed by atoms with Crippen LogP contribution in [0.2, 0.25) is 0 Å². The molecule has 59 heavy (non-hydrogen) atoms. The molecule has 12 heteroatoms. The zero-order valence-electron chi connectivity index (χ0n) is 35.2. The van der Waals surface area contributed by atoms with Gasteiger partial charge in [0.25, 0.3) is 5.91 Å². The van der Waals surface area contributed by atoms with E-state index in [1.807, 2.05) is 22.9 Å². The lowest BCUT2D eigenvalue weighted by Crippen LogP contribution is -2.51. The summed E-state index contributed by atoms with van der Waals surface area (Å²) in [6.07, 6.45) is 17.4. The monoisotopic (exact) mass is 853 g/mol. The fraction of sp³-hybridized carbons (Fsp3) is 0.574. The second kappa shape index (κ2) is 16.1. The lowest BCUT2D eigenvalue weighted by molar-refractivity contribution is -0.0581. The Morgan fingerprint density at radius 3 is 2.37 bits per heavy atom. The largest absolute Gasteiger partial charge is 0.446 e. The number of carbonyl (C=O) groups is 2. The van der Waals surface area contributed by atoms with Crippen LogP contribution in [0.4, 0.5) is 4.79 Å². The first-order valence-corrected chi connectivity index (χ1v) is 25.6. The van der Waals surface area contributed by atoms with Crippen molar-refractivity contribution < 1.29 is 18.9 Å². The second-order valence-corrected chi connectivity index (χ2v) is 23.7. The Balaban J connectivity index is 0.733. The van der Waals surface area contributed by atoms with Crippen LogP contribution in [0.5, 0.6) is 0 Å². The average molecular weight is 854 g/mol. The number of amides is 2. The molecule has 2 amide bonds. The molecule has 314 valence electrons. The molecule has 4 aromatic rings. The normalized spacial score (nSPS) is 29.4. The van der Waals surface area contributed by atoms with Crippen molar-refractivity contribution in [2.24, 2.45) is 46.3 Å². The summed E-state index contributed by atoms with van der Waals surface area (Å²) in [6, 6.07) is 10.9. The van der Waals surface area contributed by atoms with Gasteiger partial charge in [0.15, 0.2) is 12.6 Å². The van der Waals surface area contributed by atoms with Crippen LogP contribution >= 0.6 is 29.8 Å². The molecule has 3 saturated carbocycles. The summed E-state index contributed by atoms with van der Waals surface area (Å²) in [5.74, 6) is 4.61. The zero-order chi connectivity index (χ0) is 41.1.